The van der Waals surface area contributed by atoms with Gasteiger partial charge in [0.1, 0.15) is 5.82 Å². The van der Waals surface area contributed by atoms with Gasteiger partial charge < -0.3 is 0 Å². The van der Waals surface area contributed by atoms with Crippen molar-refractivity contribution in [1.29, 1.82) is 0 Å². The van der Waals surface area contributed by atoms with Crippen LogP contribution in [0.5, 0.6) is 0 Å². The monoisotopic (exact) mass is 308 g/mol. The van der Waals surface area contributed by atoms with Crippen molar-refractivity contribution in [2.24, 2.45) is 0 Å². The Hall–Kier alpha value is -1.59. The van der Waals surface area contributed by atoms with E-state index in [1.807, 2.05) is 0 Å². The van der Waals surface area contributed by atoms with E-state index in [-0.39, 0.29) is 10.9 Å². The highest BCUT2D eigenvalue weighted by molar-refractivity contribution is 7.92. The highest BCUT2D eigenvalue weighted by Crippen LogP contribution is 2.35. The van der Waals surface area contributed by atoms with Gasteiger partial charge in [-0.3, -0.25) is 0 Å². The van der Waals surface area contributed by atoms with E-state index in [4.69, 9.17) is 11.6 Å². The number of sulfonamides is 1. The minimum atomic E-state index is -3.63. The van der Waals surface area contributed by atoms with Gasteiger partial charge in [0.05, 0.1) is 4.90 Å². The number of anilines is 1. The number of hydrogen-bond acceptors (Lipinski definition) is 3. The van der Waals surface area contributed by atoms with Crippen molar-refractivity contribution in [3.05, 3.63) is 53.7 Å². The molecule has 104 valence electrons. The number of rotatable bonds is 4. The van der Waals surface area contributed by atoms with Crippen LogP contribution in [0.4, 0.5) is 5.82 Å². The second-order valence-electron chi connectivity index (χ2n) is 4.68. The molecule has 0 amide bonds. The van der Waals surface area contributed by atoms with Crippen molar-refractivity contribution in [3.63, 3.8) is 0 Å². The minimum Gasteiger partial charge on any atom is -0.247 e. The maximum atomic E-state index is 12.8. The van der Waals surface area contributed by atoms with Gasteiger partial charge in [0, 0.05) is 17.3 Å². The molecule has 1 aliphatic rings. The van der Waals surface area contributed by atoms with E-state index in [9.17, 15) is 8.42 Å². The van der Waals surface area contributed by atoms with Gasteiger partial charge >= 0.3 is 0 Å². The summed E-state index contributed by atoms with van der Waals surface area (Å²) in [5.41, 5.74) is 0. The van der Waals surface area contributed by atoms with E-state index >= 15 is 0 Å². The molecule has 0 unspecified atom stereocenters. The molecule has 1 aliphatic carbocycles. The van der Waals surface area contributed by atoms with Crippen molar-refractivity contribution in [2.75, 3.05) is 4.31 Å². The number of nitrogens with zero attached hydrogens (tertiary/aromatic N) is 2. The number of halogens is 1. The first-order valence-electron chi connectivity index (χ1n) is 6.30. The molecule has 1 fully saturated rings. The van der Waals surface area contributed by atoms with Gasteiger partial charge in [-0.1, -0.05) is 23.7 Å². The Kier molecular flexibility index (Phi) is 3.40. The Bertz CT molecular complexity index is 715. The van der Waals surface area contributed by atoms with Crippen LogP contribution in [0, 0.1) is 0 Å². The molecule has 1 aromatic heterocycles. The van der Waals surface area contributed by atoms with Crippen LogP contribution < -0.4 is 4.31 Å². The SMILES string of the molecule is O=S(=O)(c1cccc(Cl)c1)N(c1ccccn1)C1CC1. The number of aromatic nitrogens is 1. The van der Waals surface area contributed by atoms with E-state index in [1.165, 1.54) is 10.4 Å². The molecule has 0 atom stereocenters. The summed E-state index contributed by atoms with van der Waals surface area (Å²) in [5.74, 6) is 0.454. The van der Waals surface area contributed by atoms with Crippen molar-refractivity contribution >= 4 is 27.4 Å². The van der Waals surface area contributed by atoms with Gasteiger partial charge in [0.15, 0.2) is 0 Å². The topological polar surface area (TPSA) is 50.3 Å². The summed E-state index contributed by atoms with van der Waals surface area (Å²) in [6.45, 7) is 0. The largest absolute Gasteiger partial charge is 0.265 e. The zero-order valence-corrected chi connectivity index (χ0v) is 12.2. The average Bonchev–Trinajstić information content (AvgIpc) is 3.24. The predicted octanol–water partition coefficient (Wildman–Crippen LogP) is 3.09. The van der Waals surface area contributed by atoms with Crippen LogP contribution in [-0.4, -0.2) is 19.4 Å². The fraction of sp³-hybridized carbons (Fsp3) is 0.214. The Labute approximate surface area is 123 Å². The second-order valence-corrected chi connectivity index (χ2v) is 6.93. The van der Waals surface area contributed by atoms with E-state index in [2.05, 4.69) is 4.98 Å². The summed E-state index contributed by atoms with van der Waals surface area (Å²) < 4.78 is 27.0. The quantitative estimate of drug-likeness (QED) is 0.872. The fourth-order valence-electron chi connectivity index (χ4n) is 2.04. The Morgan fingerprint density at radius 3 is 2.55 bits per heavy atom. The normalized spacial score (nSPS) is 15.1. The second kappa shape index (κ2) is 5.07. The summed E-state index contributed by atoms with van der Waals surface area (Å²) in [4.78, 5) is 4.37. The van der Waals surface area contributed by atoms with Gasteiger partial charge in [-0.05, 0) is 43.2 Å². The summed E-state index contributed by atoms with van der Waals surface area (Å²) in [6.07, 6.45) is 3.31. The van der Waals surface area contributed by atoms with Gasteiger partial charge in [-0.15, -0.1) is 0 Å². The maximum absolute atomic E-state index is 12.8. The molecule has 0 radical (unpaired) electrons. The smallest absolute Gasteiger partial charge is 0.247 e. The van der Waals surface area contributed by atoms with Crippen LogP contribution in [0.3, 0.4) is 0 Å². The van der Waals surface area contributed by atoms with Crippen molar-refractivity contribution in [3.8, 4) is 0 Å². The molecule has 1 aromatic carbocycles. The molecule has 2 aromatic rings. The number of pyridine rings is 1. The van der Waals surface area contributed by atoms with Gasteiger partial charge in [0.2, 0.25) is 0 Å². The van der Waals surface area contributed by atoms with Crippen LogP contribution in [0.2, 0.25) is 5.02 Å². The maximum Gasteiger partial charge on any atom is 0.265 e. The molecule has 0 aliphatic heterocycles. The summed E-state index contributed by atoms with van der Waals surface area (Å²) in [6, 6.07) is 11.6. The molecule has 0 spiro atoms. The van der Waals surface area contributed by atoms with Crippen LogP contribution in [0.1, 0.15) is 12.8 Å². The van der Waals surface area contributed by atoms with Crippen LogP contribution in [0.25, 0.3) is 0 Å². The zero-order chi connectivity index (χ0) is 14.2. The molecule has 4 nitrogen and oxygen atoms in total. The minimum absolute atomic E-state index is 0.00567. The first-order valence-corrected chi connectivity index (χ1v) is 8.12. The van der Waals surface area contributed by atoms with Gasteiger partial charge in [0.25, 0.3) is 10.0 Å². The molecule has 6 heteroatoms. The van der Waals surface area contributed by atoms with Crippen molar-refractivity contribution in [1.82, 2.24) is 4.98 Å². The molecule has 0 bridgehead atoms. The highest BCUT2D eigenvalue weighted by Gasteiger charge is 2.39. The molecular weight excluding hydrogens is 296 g/mol. The lowest BCUT2D eigenvalue weighted by molar-refractivity contribution is 0.589. The first kappa shape index (κ1) is 13.4. The van der Waals surface area contributed by atoms with Crippen molar-refractivity contribution in [2.45, 2.75) is 23.8 Å². The molecule has 3 rings (SSSR count). The molecule has 0 N–H and O–H groups in total. The third-order valence-corrected chi connectivity index (χ3v) is 5.19. The Balaban J connectivity index is 2.07. The van der Waals surface area contributed by atoms with E-state index < -0.39 is 10.0 Å². The third kappa shape index (κ3) is 2.51. The standard InChI is InChI=1S/C14H13ClN2O2S/c15-11-4-3-5-13(10-11)20(18,19)17(12-7-8-12)14-6-1-2-9-16-14/h1-6,9-10,12H,7-8H2. The molecule has 0 saturated heterocycles. The van der Waals surface area contributed by atoms with Gasteiger partial charge in [-0.2, -0.15) is 0 Å². The highest BCUT2D eigenvalue weighted by atomic mass is 35.5. The lowest BCUT2D eigenvalue weighted by atomic mass is 10.4. The van der Waals surface area contributed by atoms with Crippen LogP contribution >= 0.6 is 11.6 Å². The van der Waals surface area contributed by atoms with E-state index in [0.717, 1.165) is 12.8 Å². The molecular formula is C14H13ClN2O2S. The predicted molar refractivity (Wildman–Crippen MR) is 78.4 cm³/mol. The lowest BCUT2D eigenvalue weighted by Gasteiger charge is -2.23. The van der Waals surface area contributed by atoms with Crippen LogP contribution in [0.15, 0.2) is 53.6 Å². The Morgan fingerprint density at radius 2 is 1.95 bits per heavy atom. The molecule has 20 heavy (non-hydrogen) atoms. The van der Waals surface area contributed by atoms with E-state index in [1.54, 1.807) is 42.6 Å². The molecule has 1 saturated carbocycles. The molecule has 1 heterocycles. The average molecular weight is 309 g/mol. The summed E-state index contributed by atoms with van der Waals surface area (Å²) >= 11 is 5.90. The number of benzene rings is 1. The number of hydrogen-bond donors (Lipinski definition) is 0. The van der Waals surface area contributed by atoms with Crippen molar-refractivity contribution < 1.29 is 8.42 Å². The first-order chi connectivity index (χ1) is 9.59. The lowest BCUT2D eigenvalue weighted by Crippen LogP contribution is -2.33. The van der Waals surface area contributed by atoms with Crippen LogP contribution in [-0.2, 0) is 10.0 Å². The zero-order valence-electron chi connectivity index (χ0n) is 10.6. The summed E-state index contributed by atoms with van der Waals surface area (Å²) in [7, 11) is -3.63. The van der Waals surface area contributed by atoms with Gasteiger partial charge in [-0.25, -0.2) is 17.7 Å². The fourth-order valence-corrected chi connectivity index (χ4v) is 4.01. The third-order valence-electron chi connectivity index (χ3n) is 3.11. The summed E-state index contributed by atoms with van der Waals surface area (Å²) in [5, 5.41) is 0.405. The Morgan fingerprint density at radius 1 is 1.15 bits per heavy atom. The van der Waals surface area contributed by atoms with E-state index in [0.29, 0.717) is 10.8 Å².